The third-order valence-corrected chi connectivity index (χ3v) is 4.32. The number of primary amides is 1. The second kappa shape index (κ2) is 9.27. The van der Waals surface area contributed by atoms with E-state index >= 15 is 0 Å². The van der Waals surface area contributed by atoms with Crippen molar-refractivity contribution in [1.29, 1.82) is 5.26 Å². The van der Waals surface area contributed by atoms with Gasteiger partial charge in [0.05, 0.1) is 11.1 Å². The number of nitrogens with two attached hydrogens (primary N) is 1. The van der Waals surface area contributed by atoms with Crippen LogP contribution >= 0.6 is 27.5 Å². The predicted octanol–water partition coefficient (Wildman–Crippen LogP) is 4.47. The second-order valence-corrected chi connectivity index (χ2v) is 6.44. The van der Waals surface area contributed by atoms with Crippen LogP contribution in [0.1, 0.15) is 18.1 Å². The Morgan fingerprint density at radius 3 is 2.69 bits per heavy atom. The van der Waals surface area contributed by atoms with Gasteiger partial charge < -0.3 is 15.2 Å². The van der Waals surface area contributed by atoms with Crippen LogP contribution in [0.2, 0.25) is 5.02 Å². The lowest BCUT2D eigenvalue weighted by molar-refractivity contribution is -0.114. The molecule has 2 aromatic rings. The van der Waals surface area contributed by atoms with E-state index in [9.17, 15) is 4.79 Å². The number of ether oxygens (including phenoxy) is 2. The molecule has 0 aliphatic carbocycles. The molecule has 0 heterocycles. The van der Waals surface area contributed by atoms with Crippen LogP contribution in [0.4, 0.5) is 0 Å². The monoisotopic (exact) mass is 434 g/mol. The summed E-state index contributed by atoms with van der Waals surface area (Å²) in [6.07, 6.45) is 1.40. The van der Waals surface area contributed by atoms with E-state index in [-0.39, 0.29) is 12.2 Å². The van der Waals surface area contributed by atoms with Crippen molar-refractivity contribution in [2.45, 2.75) is 13.5 Å². The zero-order chi connectivity index (χ0) is 19.1. The minimum absolute atomic E-state index is 0.149. The molecule has 2 aromatic carbocycles. The molecule has 0 fully saturated rings. The third-order valence-electron chi connectivity index (χ3n) is 3.36. The molecule has 2 rings (SSSR count). The Morgan fingerprint density at radius 1 is 1.35 bits per heavy atom. The molecule has 2 N–H and O–H groups in total. The smallest absolute Gasteiger partial charge is 0.259 e. The molecule has 0 aliphatic heterocycles. The summed E-state index contributed by atoms with van der Waals surface area (Å²) in [6, 6.07) is 12.6. The van der Waals surface area contributed by atoms with Crippen LogP contribution in [0.5, 0.6) is 11.5 Å². The average Bonchev–Trinajstić information content (AvgIpc) is 2.60. The van der Waals surface area contributed by atoms with E-state index in [4.69, 9.17) is 32.1 Å². The Morgan fingerprint density at radius 2 is 2.08 bits per heavy atom. The zero-order valence-electron chi connectivity index (χ0n) is 14.0. The van der Waals surface area contributed by atoms with Crippen LogP contribution in [0.3, 0.4) is 0 Å². The van der Waals surface area contributed by atoms with Crippen LogP contribution in [0.25, 0.3) is 6.08 Å². The van der Waals surface area contributed by atoms with Gasteiger partial charge in [-0.15, -0.1) is 0 Å². The van der Waals surface area contributed by atoms with Gasteiger partial charge in [0.25, 0.3) is 5.91 Å². The number of hydrogen-bond donors (Lipinski definition) is 1. The lowest BCUT2D eigenvalue weighted by Crippen LogP contribution is -2.12. The number of carbonyl (C=O) groups excluding carboxylic acids is 1. The molecule has 0 unspecified atom stereocenters. The Balaban J connectivity index is 2.36. The minimum Gasteiger partial charge on any atom is -0.490 e. The maximum absolute atomic E-state index is 11.2. The van der Waals surface area contributed by atoms with Crippen molar-refractivity contribution in [3.8, 4) is 17.6 Å². The highest BCUT2D eigenvalue weighted by atomic mass is 79.9. The number of halogens is 2. The molecule has 26 heavy (non-hydrogen) atoms. The van der Waals surface area contributed by atoms with Crippen molar-refractivity contribution in [1.82, 2.24) is 0 Å². The number of carbonyl (C=O) groups is 1. The van der Waals surface area contributed by atoms with Crippen molar-refractivity contribution >= 4 is 39.5 Å². The van der Waals surface area contributed by atoms with Crippen molar-refractivity contribution in [3.05, 3.63) is 62.6 Å². The molecule has 0 aliphatic rings. The zero-order valence-corrected chi connectivity index (χ0v) is 16.3. The van der Waals surface area contributed by atoms with Crippen molar-refractivity contribution < 1.29 is 14.3 Å². The highest BCUT2D eigenvalue weighted by molar-refractivity contribution is 9.10. The Kier molecular flexibility index (Phi) is 7.07. The minimum atomic E-state index is -0.791. The molecule has 0 radical (unpaired) electrons. The van der Waals surface area contributed by atoms with Gasteiger partial charge in [-0.3, -0.25) is 4.79 Å². The first-order valence-electron chi connectivity index (χ1n) is 7.70. The van der Waals surface area contributed by atoms with Gasteiger partial charge in [0, 0.05) is 10.6 Å². The first-order chi connectivity index (χ1) is 12.5. The molecule has 0 saturated heterocycles. The fraction of sp³-hybridized carbons (Fsp3) is 0.158. The van der Waals surface area contributed by atoms with Gasteiger partial charge in [0.2, 0.25) is 0 Å². The molecule has 1 amide bonds. The highest BCUT2D eigenvalue weighted by Crippen LogP contribution is 2.38. The molecule has 134 valence electrons. The molecule has 0 atom stereocenters. The van der Waals surface area contributed by atoms with Gasteiger partial charge in [-0.2, -0.15) is 5.26 Å². The summed E-state index contributed by atoms with van der Waals surface area (Å²) in [5.41, 5.74) is 6.45. The van der Waals surface area contributed by atoms with Crippen LogP contribution in [0, 0.1) is 11.3 Å². The highest BCUT2D eigenvalue weighted by Gasteiger charge is 2.14. The normalized spacial score (nSPS) is 10.9. The summed E-state index contributed by atoms with van der Waals surface area (Å²) in [7, 11) is 0. The summed E-state index contributed by atoms with van der Waals surface area (Å²) < 4.78 is 12.1. The number of rotatable bonds is 7. The Labute approximate surface area is 165 Å². The van der Waals surface area contributed by atoms with Gasteiger partial charge in [-0.05, 0) is 52.7 Å². The number of benzene rings is 2. The Bertz CT molecular complexity index is 891. The predicted molar refractivity (Wildman–Crippen MR) is 104 cm³/mol. The van der Waals surface area contributed by atoms with E-state index in [1.807, 2.05) is 25.1 Å². The molecular weight excluding hydrogens is 420 g/mol. The maximum atomic E-state index is 11.2. The van der Waals surface area contributed by atoms with Crippen molar-refractivity contribution in [2.75, 3.05) is 6.61 Å². The van der Waals surface area contributed by atoms with Crippen molar-refractivity contribution in [2.24, 2.45) is 5.73 Å². The first-order valence-corrected chi connectivity index (χ1v) is 8.87. The lowest BCUT2D eigenvalue weighted by atomic mass is 10.1. The molecular formula is C19H16BrClN2O3. The quantitative estimate of drug-likeness (QED) is 0.513. The van der Waals surface area contributed by atoms with E-state index in [0.717, 1.165) is 5.56 Å². The number of amides is 1. The second-order valence-electron chi connectivity index (χ2n) is 5.18. The van der Waals surface area contributed by atoms with Crippen LogP contribution in [0.15, 0.2) is 46.4 Å². The largest absolute Gasteiger partial charge is 0.490 e. The first kappa shape index (κ1) is 19.8. The molecule has 5 nitrogen and oxygen atoms in total. The number of nitriles is 1. The molecule has 7 heteroatoms. The summed E-state index contributed by atoms with van der Waals surface area (Å²) in [4.78, 5) is 11.2. The van der Waals surface area contributed by atoms with Crippen LogP contribution in [-0.2, 0) is 11.4 Å². The fourth-order valence-electron chi connectivity index (χ4n) is 2.16. The summed E-state index contributed by atoms with van der Waals surface area (Å²) in [5, 5.41) is 9.60. The van der Waals surface area contributed by atoms with Crippen LogP contribution in [-0.4, -0.2) is 12.5 Å². The van der Waals surface area contributed by atoms with Gasteiger partial charge in [-0.1, -0.05) is 29.8 Å². The molecule has 0 aromatic heterocycles. The summed E-state index contributed by atoms with van der Waals surface area (Å²) in [5.74, 6) is 0.184. The number of nitrogens with zero attached hydrogens (tertiary/aromatic N) is 1. The van der Waals surface area contributed by atoms with E-state index in [1.54, 1.807) is 24.3 Å². The van der Waals surface area contributed by atoms with E-state index in [1.165, 1.54) is 6.08 Å². The summed E-state index contributed by atoms with van der Waals surface area (Å²) >= 11 is 9.60. The summed E-state index contributed by atoms with van der Waals surface area (Å²) in [6.45, 7) is 2.53. The van der Waals surface area contributed by atoms with E-state index < -0.39 is 5.91 Å². The molecule has 0 bridgehead atoms. The maximum Gasteiger partial charge on any atom is 0.259 e. The topological polar surface area (TPSA) is 85.3 Å². The molecule has 0 spiro atoms. The Hall–Kier alpha value is -2.49. The molecule has 0 saturated carbocycles. The third kappa shape index (κ3) is 5.01. The van der Waals surface area contributed by atoms with Gasteiger partial charge >= 0.3 is 0 Å². The SMILES string of the molecule is CCOc1cc(/C=C(/C#N)C(N)=O)cc(Br)c1OCc1ccccc1Cl. The average molecular weight is 436 g/mol. The van der Waals surface area contributed by atoms with Gasteiger partial charge in [-0.25, -0.2) is 0 Å². The van der Waals surface area contributed by atoms with E-state index in [0.29, 0.717) is 33.2 Å². The lowest BCUT2D eigenvalue weighted by Gasteiger charge is -2.15. The van der Waals surface area contributed by atoms with E-state index in [2.05, 4.69) is 15.9 Å². The standard InChI is InChI=1S/C19H16BrClN2O3/c1-2-25-17-9-12(7-14(10-22)19(23)24)8-15(20)18(17)26-11-13-5-3-4-6-16(13)21/h3-9H,2,11H2,1H3,(H2,23,24)/b14-7-. The van der Waals surface area contributed by atoms with Crippen molar-refractivity contribution in [3.63, 3.8) is 0 Å². The fourth-order valence-corrected chi connectivity index (χ4v) is 2.93. The van der Waals surface area contributed by atoms with Gasteiger partial charge in [0.15, 0.2) is 11.5 Å². The number of hydrogen-bond acceptors (Lipinski definition) is 4. The van der Waals surface area contributed by atoms with Gasteiger partial charge in [0.1, 0.15) is 18.2 Å². The van der Waals surface area contributed by atoms with Crippen LogP contribution < -0.4 is 15.2 Å².